The lowest BCUT2D eigenvalue weighted by molar-refractivity contribution is 0.0477. The number of benzene rings is 2. The van der Waals surface area contributed by atoms with Crippen molar-refractivity contribution in [2.24, 2.45) is 10.7 Å². The van der Waals surface area contributed by atoms with Gasteiger partial charge in [0, 0.05) is 5.92 Å². The second-order valence-corrected chi connectivity index (χ2v) is 6.37. The van der Waals surface area contributed by atoms with Crippen molar-refractivity contribution in [2.75, 3.05) is 13.2 Å². The molecule has 3 rings (SSSR count). The van der Waals surface area contributed by atoms with Gasteiger partial charge in [0.25, 0.3) is 0 Å². The highest BCUT2D eigenvalue weighted by molar-refractivity contribution is 5.78. The van der Waals surface area contributed by atoms with E-state index in [2.05, 4.69) is 53.5 Å². The molecular formula is C21H24N2O2. The number of aliphatic imine (C=N–C) groups is 1. The number of fused-ring (bicyclic) bond motifs is 3. The van der Waals surface area contributed by atoms with Crippen LogP contribution < -0.4 is 5.73 Å². The fraction of sp³-hybridized carbons (Fsp3) is 0.381. The Balaban J connectivity index is 1.70. The number of isocyanates is 1. The molecule has 2 aromatic carbocycles. The van der Waals surface area contributed by atoms with E-state index in [0.29, 0.717) is 13.2 Å². The van der Waals surface area contributed by atoms with Crippen molar-refractivity contribution in [3.05, 3.63) is 59.7 Å². The molecule has 25 heavy (non-hydrogen) atoms. The first-order chi connectivity index (χ1) is 12.3. The number of hydrogen-bond acceptors (Lipinski definition) is 4. The van der Waals surface area contributed by atoms with Crippen molar-refractivity contribution in [1.82, 2.24) is 0 Å². The normalized spacial score (nSPS) is 13.8. The Morgan fingerprint density at radius 2 is 1.64 bits per heavy atom. The van der Waals surface area contributed by atoms with Gasteiger partial charge in [-0.05, 0) is 48.1 Å². The van der Waals surface area contributed by atoms with Gasteiger partial charge < -0.3 is 10.5 Å². The predicted octanol–water partition coefficient (Wildman–Crippen LogP) is 4.00. The third kappa shape index (κ3) is 4.05. The van der Waals surface area contributed by atoms with Crippen LogP contribution in [0.25, 0.3) is 11.1 Å². The number of carbonyl (C=O) groups excluding carboxylic acids is 1. The molecule has 0 bridgehead atoms. The van der Waals surface area contributed by atoms with E-state index < -0.39 is 6.23 Å². The van der Waals surface area contributed by atoms with E-state index in [-0.39, 0.29) is 5.92 Å². The SMILES string of the molecule is NCCCCCC(N=C=O)OCC1c2ccccc2-c2ccccc21. The molecule has 0 saturated heterocycles. The molecule has 1 unspecified atom stereocenters. The number of rotatable bonds is 9. The molecule has 4 heteroatoms. The fourth-order valence-corrected chi connectivity index (χ4v) is 3.53. The summed E-state index contributed by atoms with van der Waals surface area (Å²) in [7, 11) is 0. The van der Waals surface area contributed by atoms with Crippen molar-refractivity contribution in [1.29, 1.82) is 0 Å². The van der Waals surface area contributed by atoms with Gasteiger partial charge in [-0.1, -0.05) is 55.0 Å². The molecule has 0 aromatic heterocycles. The van der Waals surface area contributed by atoms with E-state index in [9.17, 15) is 4.79 Å². The molecule has 2 aromatic rings. The monoisotopic (exact) mass is 336 g/mol. The Labute approximate surface area is 148 Å². The number of ether oxygens (including phenoxy) is 1. The van der Waals surface area contributed by atoms with Crippen LogP contribution >= 0.6 is 0 Å². The van der Waals surface area contributed by atoms with Gasteiger partial charge in [0.2, 0.25) is 6.08 Å². The number of unbranched alkanes of at least 4 members (excludes halogenated alkanes) is 2. The van der Waals surface area contributed by atoms with Crippen molar-refractivity contribution >= 4 is 6.08 Å². The van der Waals surface area contributed by atoms with Gasteiger partial charge in [-0.3, -0.25) is 0 Å². The van der Waals surface area contributed by atoms with Crippen LogP contribution in [0.15, 0.2) is 53.5 Å². The Hall–Kier alpha value is -2.26. The van der Waals surface area contributed by atoms with Crippen LogP contribution in [0, 0.1) is 0 Å². The Bertz CT molecular complexity index is 708. The molecule has 0 heterocycles. The third-order valence-corrected chi connectivity index (χ3v) is 4.77. The lowest BCUT2D eigenvalue weighted by Gasteiger charge is -2.18. The average Bonchev–Trinajstić information content (AvgIpc) is 2.97. The van der Waals surface area contributed by atoms with E-state index in [4.69, 9.17) is 10.5 Å². The van der Waals surface area contributed by atoms with Crippen LogP contribution in [0.4, 0.5) is 0 Å². The molecule has 1 aliphatic carbocycles. The Kier molecular flexibility index (Phi) is 6.13. The average molecular weight is 336 g/mol. The molecule has 0 fully saturated rings. The highest BCUT2D eigenvalue weighted by atomic mass is 16.5. The lowest BCUT2D eigenvalue weighted by Crippen LogP contribution is -2.16. The topological polar surface area (TPSA) is 64.7 Å². The van der Waals surface area contributed by atoms with E-state index in [1.807, 2.05) is 0 Å². The Morgan fingerprint density at radius 3 is 2.24 bits per heavy atom. The molecule has 4 nitrogen and oxygen atoms in total. The van der Waals surface area contributed by atoms with E-state index in [1.165, 1.54) is 22.3 Å². The lowest BCUT2D eigenvalue weighted by atomic mass is 9.98. The Morgan fingerprint density at radius 1 is 1.00 bits per heavy atom. The van der Waals surface area contributed by atoms with Crippen LogP contribution in [0.1, 0.15) is 42.7 Å². The number of nitrogens with zero attached hydrogens (tertiary/aromatic N) is 1. The first kappa shape index (κ1) is 17.6. The second-order valence-electron chi connectivity index (χ2n) is 6.37. The van der Waals surface area contributed by atoms with Gasteiger partial charge in [-0.25, -0.2) is 4.79 Å². The highest BCUT2D eigenvalue weighted by Gasteiger charge is 2.28. The maximum absolute atomic E-state index is 10.7. The summed E-state index contributed by atoms with van der Waals surface area (Å²) in [5.41, 5.74) is 10.6. The van der Waals surface area contributed by atoms with Crippen LogP contribution in [0.2, 0.25) is 0 Å². The van der Waals surface area contributed by atoms with Crippen LogP contribution in [-0.4, -0.2) is 25.5 Å². The number of nitrogens with two attached hydrogens (primary N) is 1. The van der Waals surface area contributed by atoms with Gasteiger partial charge in [0.05, 0.1) is 6.61 Å². The summed E-state index contributed by atoms with van der Waals surface area (Å²) in [4.78, 5) is 14.5. The largest absolute Gasteiger partial charge is 0.355 e. The molecule has 1 aliphatic rings. The maximum atomic E-state index is 10.7. The van der Waals surface area contributed by atoms with Crippen LogP contribution in [0.5, 0.6) is 0 Å². The molecule has 2 N–H and O–H groups in total. The first-order valence-corrected chi connectivity index (χ1v) is 8.92. The minimum absolute atomic E-state index is 0.181. The van der Waals surface area contributed by atoms with Crippen molar-refractivity contribution in [3.63, 3.8) is 0 Å². The molecule has 0 spiro atoms. The maximum Gasteiger partial charge on any atom is 0.237 e. The van der Waals surface area contributed by atoms with Crippen molar-refractivity contribution in [3.8, 4) is 11.1 Å². The molecular weight excluding hydrogens is 312 g/mol. The summed E-state index contributed by atoms with van der Waals surface area (Å²) < 4.78 is 6.00. The number of hydrogen-bond donors (Lipinski definition) is 1. The molecule has 130 valence electrons. The van der Waals surface area contributed by atoms with Gasteiger partial charge >= 0.3 is 0 Å². The van der Waals surface area contributed by atoms with Gasteiger partial charge in [-0.15, -0.1) is 0 Å². The summed E-state index contributed by atoms with van der Waals surface area (Å²) in [6.45, 7) is 1.21. The summed E-state index contributed by atoms with van der Waals surface area (Å²) in [6, 6.07) is 16.9. The molecule has 0 aliphatic heterocycles. The molecule has 0 amide bonds. The summed E-state index contributed by atoms with van der Waals surface area (Å²) in [5, 5.41) is 0. The zero-order valence-corrected chi connectivity index (χ0v) is 14.4. The first-order valence-electron chi connectivity index (χ1n) is 8.92. The summed E-state index contributed by atoms with van der Waals surface area (Å²) in [6.07, 6.45) is 4.92. The third-order valence-electron chi connectivity index (χ3n) is 4.77. The summed E-state index contributed by atoms with van der Waals surface area (Å²) in [5.74, 6) is 0.181. The molecule has 1 atom stereocenters. The van der Waals surface area contributed by atoms with Crippen molar-refractivity contribution < 1.29 is 9.53 Å². The summed E-state index contributed by atoms with van der Waals surface area (Å²) >= 11 is 0. The molecule has 0 saturated carbocycles. The van der Waals surface area contributed by atoms with Crippen LogP contribution in [-0.2, 0) is 9.53 Å². The fourth-order valence-electron chi connectivity index (χ4n) is 3.53. The minimum atomic E-state index is -0.421. The smallest absolute Gasteiger partial charge is 0.237 e. The van der Waals surface area contributed by atoms with Gasteiger partial charge in [0.15, 0.2) is 6.23 Å². The van der Waals surface area contributed by atoms with E-state index in [0.717, 1.165) is 25.7 Å². The minimum Gasteiger partial charge on any atom is -0.355 e. The van der Waals surface area contributed by atoms with Crippen LogP contribution in [0.3, 0.4) is 0 Å². The van der Waals surface area contributed by atoms with E-state index in [1.54, 1.807) is 6.08 Å². The molecule has 0 radical (unpaired) electrons. The quantitative estimate of drug-likeness (QED) is 0.428. The van der Waals surface area contributed by atoms with Crippen molar-refractivity contribution in [2.45, 2.75) is 37.8 Å². The highest BCUT2D eigenvalue weighted by Crippen LogP contribution is 2.44. The van der Waals surface area contributed by atoms with E-state index >= 15 is 0 Å². The second kappa shape index (κ2) is 8.72. The standard InChI is InChI=1S/C21H24N2O2/c22-13-7-1-2-12-21(23-15-24)25-14-20-18-10-5-3-8-16(18)17-9-4-6-11-19(17)20/h3-6,8-11,20-21H,1-2,7,12-14,22H2. The predicted molar refractivity (Wildman–Crippen MR) is 99.1 cm³/mol. The zero-order chi connectivity index (χ0) is 17.5. The van der Waals surface area contributed by atoms with Gasteiger partial charge in [-0.2, -0.15) is 4.99 Å². The van der Waals surface area contributed by atoms with Gasteiger partial charge in [0.1, 0.15) is 0 Å². The zero-order valence-electron chi connectivity index (χ0n) is 14.4.